The summed E-state index contributed by atoms with van der Waals surface area (Å²) in [5.41, 5.74) is 3.48. The first-order valence-electron chi connectivity index (χ1n) is 6.53. The van der Waals surface area contributed by atoms with E-state index < -0.39 is 0 Å². The van der Waals surface area contributed by atoms with Crippen molar-refractivity contribution in [2.24, 2.45) is 13.0 Å². The Kier molecular flexibility index (Phi) is 4.91. The van der Waals surface area contributed by atoms with E-state index in [0.717, 1.165) is 25.0 Å². The molecule has 0 aliphatic rings. The molecule has 3 heteroatoms. The van der Waals surface area contributed by atoms with Crippen molar-refractivity contribution >= 4 is 5.78 Å². The average molecular weight is 236 g/mol. The number of carbonyl (C=O) groups is 1. The van der Waals surface area contributed by atoms with Crippen molar-refractivity contribution in [1.29, 1.82) is 0 Å². The van der Waals surface area contributed by atoms with Crippen molar-refractivity contribution in [1.82, 2.24) is 9.78 Å². The molecule has 0 aromatic carbocycles. The highest BCUT2D eigenvalue weighted by molar-refractivity contribution is 5.81. The molecule has 0 amide bonds. The van der Waals surface area contributed by atoms with E-state index in [1.807, 2.05) is 18.7 Å². The summed E-state index contributed by atoms with van der Waals surface area (Å²) in [7, 11) is 1.95. The molecule has 0 atom stereocenters. The van der Waals surface area contributed by atoms with Gasteiger partial charge in [0.1, 0.15) is 5.78 Å². The monoisotopic (exact) mass is 236 g/mol. The predicted molar refractivity (Wildman–Crippen MR) is 70.1 cm³/mol. The van der Waals surface area contributed by atoms with Gasteiger partial charge in [0.25, 0.3) is 0 Å². The number of carbonyl (C=O) groups excluding carboxylic acids is 1. The van der Waals surface area contributed by atoms with Gasteiger partial charge in [-0.15, -0.1) is 0 Å². The number of nitrogens with zero attached hydrogens (tertiary/aromatic N) is 2. The molecule has 1 aromatic heterocycles. The van der Waals surface area contributed by atoms with Gasteiger partial charge in [-0.1, -0.05) is 13.8 Å². The van der Waals surface area contributed by atoms with Crippen LogP contribution in [-0.4, -0.2) is 15.6 Å². The van der Waals surface area contributed by atoms with E-state index in [2.05, 4.69) is 25.9 Å². The molecule has 96 valence electrons. The molecule has 0 radical (unpaired) electrons. The van der Waals surface area contributed by atoms with Crippen molar-refractivity contribution in [3.63, 3.8) is 0 Å². The van der Waals surface area contributed by atoms with Crippen LogP contribution in [0.1, 0.15) is 50.1 Å². The predicted octanol–water partition coefficient (Wildman–Crippen LogP) is 2.97. The summed E-state index contributed by atoms with van der Waals surface area (Å²) in [6, 6.07) is 0. The smallest absolute Gasteiger partial charge is 0.136 e. The number of ketones is 1. The van der Waals surface area contributed by atoms with Crippen LogP contribution in [0.5, 0.6) is 0 Å². The van der Waals surface area contributed by atoms with Crippen molar-refractivity contribution in [3.05, 3.63) is 17.0 Å². The van der Waals surface area contributed by atoms with E-state index in [-0.39, 0.29) is 5.92 Å². The Balaban J connectivity index is 2.64. The van der Waals surface area contributed by atoms with E-state index in [0.29, 0.717) is 12.2 Å². The second-order valence-corrected chi connectivity index (χ2v) is 4.75. The van der Waals surface area contributed by atoms with Crippen LogP contribution >= 0.6 is 0 Å². The minimum atomic E-state index is 0.243. The van der Waals surface area contributed by atoms with Gasteiger partial charge in [-0.3, -0.25) is 9.48 Å². The first-order valence-corrected chi connectivity index (χ1v) is 6.53. The molecule has 0 aliphatic carbocycles. The molecule has 1 rings (SSSR count). The number of aryl methyl sites for hydroxylation is 2. The van der Waals surface area contributed by atoms with Crippen molar-refractivity contribution < 1.29 is 4.79 Å². The first-order chi connectivity index (χ1) is 8.01. The molecule has 0 saturated heterocycles. The fourth-order valence-corrected chi connectivity index (χ4v) is 2.38. The highest BCUT2D eigenvalue weighted by atomic mass is 16.1. The summed E-state index contributed by atoms with van der Waals surface area (Å²) in [6.07, 6.45) is 3.40. The van der Waals surface area contributed by atoms with Gasteiger partial charge in [0.2, 0.25) is 0 Å². The number of Topliss-reactive ketones (excluding diaryl/α,β-unsaturated/α-hetero) is 1. The highest BCUT2D eigenvalue weighted by Gasteiger charge is 2.16. The lowest BCUT2D eigenvalue weighted by Crippen LogP contribution is -2.13. The Morgan fingerprint density at radius 1 is 1.29 bits per heavy atom. The van der Waals surface area contributed by atoms with Gasteiger partial charge < -0.3 is 0 Å². The second-order valence-electron chi connectivity index (χ2n) is 4.75. The molecule has 17 heavy (non-hydrogen) atoms. The molecule has 1 heterocycles. The first kappa shape index (κ1) is 13.9. The molecule has 0 spiro atoms. The summed E-state index contributed by atoms with van der Waals surface area (Å²) in [5, 5.41) is 4.38. The Bertz CT molecular complexity index is 389. The normalized spacial score (nSPS) is 11.2. The molecular weight excluding hydrogens is 212 g/mol. The molecule has 0 saturated carbocycles. The molecule has 3 nitrogen and oxygen atoms in total. The van der Waals surface area contributed by atoms with Crippen LogP contribution in [0.25, 0.3) is 0 Å². The van der Waals surface area contributed by atoms with Crippen LogP contribution in [0.2, 0.25) is 0 Å². The van der Waals surface area contributed by atoms with Gasteiger partial charge in [-0.2, -0.15) is 5.10 Å². The van der Waals surface area contributed by atoms with Crippen LogP contribution in [0.3, 0.4) is 0 Å². The lowest BCUT2D eigenvalue weighted by atomic mass is 9.93. The van der Waals surface area contributed by atoms with Gasteiger partial charge in [-0.05, 0) is 38.7 Å². The maximum absolute atomic E-state index is 12.0. The van der Waals surface area contributed by atoms with Crippen LogP contribution in [0.15, 0.2) is 0 Å². The van der Waals surface area contributed by atoms with Crippen molar-refractivity contribution in [3.8, 4) is 0 Å². The molecular formula is C14H24N2O. The summed E-state index contributed by atoms with van der Waals surface area (Å²) in [4.78, 5) is 12.0. The number of hydrogen-bond donors (Lipinski definition) is 0. The SMILES string of the molecule is CCC(CC)C(=O)CCc1c(C)nn(C)c1C. The summed E-state index contributed by atoms with van der Waals surface area (Å²) in [6.45, 7) is 8.26. The van der Waals surface area contributed by atoms with Crippen LogP contribution in [0.4, 0.5) is 0 Å². The maximum Gasteiger partial charge on any atom is 0.136 e. The van der Waals surface area contributed by atoms with E-state index in [4.69, 9.17) is 0 Å². The molecule has 0 N–H and O–H groups in total. The third-order valence-corrected chi connectivity index (χ3v) is 3.72. The Morgan fingerprint density at radius 2 is 1.88 bits per heavy atom. The fourth-order valence-electron chi connectivity index (χ4n) is 2.38. The van der Waals surface area contributed by atoms with Crippen molar-refractivity contribution in [2.45, 2.75) is 53.4 Å². The summed E-state index contributed by atoms with van der Waals surface area (Å²) >= 11 is 0. The topological polar surface area (TPSA) is 34.9 Å². The van der Waals surface area contributed by atoms with Gasteiger partial charge in [0.05, 0.1) is 5.69 Å². The highest BCUT2D eigenvalue weighted by Crippen LogP contribution is 2.17. The fraction of sp³-hybridized carbons (Fsp3) is 0.714. The Hall–Kier alpha value is -1.12. The van der Waals surface area contributed by atoms with Gasteiger partial charge in [0, 0.05) is 25.1 Å². The number of aromatic nitrogens is 2. The minimum absolute atomic E-state index is 0.243. The van der Waals surface area contributed by atoms with E-state index >= 15 is 0 Å². The lowest BCUT2D eigenvalue weighted by Gasteiger charge is -2.10. The third-order valence-electron chi connectivity index (χ3n) is 3.72. The molecule has 0 bridgehead atoms. The van der Waals surface area contributed by atoms with Crippen LogP contribution in [-0.2, 0) is 18.3 Å². The number of rotatable bonds is 6. The summed E-state index contributed by atoms with van der Waals surface area (Å²) < 4.78 is 1.90. The largest absolute Gasteiger partial charge is 0.299 e. The van der Waals surface area contributed by atoms with Crippen LogP contribution < -0.4 is 0 Å². The third kappa shape index (κ3) is 3.18. The lowest BCUT2D eigenvalue weighted by molar-refractivity contribution is -0.123. The molecule has 0 fully saturated rings. The Morgan fingerprint density at radius 3 is 2.29 bits per heavy atom. The zero-order chi connectivity index (χ0) is 13.0. The standard InChI is InChI=1S/C14H24N2O/c1-6-12(7-2)14(17)9-8-13-10(3)15-16(5)11(13)4/h12H,6-9H2,1-5H3. The molecule has 1 aromatic rings. The minimum Gasteiger partial charge on any atom is -0.299 e. The van der Waals surface area contributed by atoms with Gasteiger partial charge in [0.15, 0.2) is 0 Å². The maximum atomic E-state index is 12.0. The van der Waals surface area contributed by atoms with Gasteiger partial charge >= 0.3 is 0 Å². The number of hydrogen-bond acceptors (Lipinski definition) is 2. The summed E-state index contributed by atoms with van der Waals surface area (Å²) in [5.74, 6) is 0.643. The average Bonchev–Trinajstić information content (AvgIpc) is 2.53. The zero-order valence-corrected chi connectivity index (χ0v) is 11.7. The quantitative estimate of drug-likeness (QED) is 0.761. The zero-order valence-electron chi connectivity index (χ0n) is 11.7. The van der Waals surface area contributed by atoms with E-state index in [1.54, 1.807) is 0 Å². The second kappa shape index (κ2) is 5.99. The molecule has 0 aliphatic heterocycles. The van der Waals surface area contributed by atoms with Crippen LogP contribution in [0, 0.1) is 19.8 Å². The Labute approximate surface area is 104 Å². The van der Waals surface area contributed by atoms with Crippen molar-refractivity contribution in [2.75, 3.05) is 0 Å². The van der Waals surface area contributed by atoms with E-state index in [9.17, 15) is 4.79 Å². The van der Waals surface area contributed by atoms with E-state index in [1.165, 1.54) is 11.3 Å². The van der Waals surface area contributed by atoms with Gasteiger partial charge in [-0.25, -0.2) is 0 Å². The molecule has 0 unspecified atom stereocenters.